The third-order valence-electron chi connectivity index (χ3n) is 1.34. The third kappa shape index (κ3) is 1.29. The number of hydrogen-bond acceptors (Lipinski definition) is 4. The summed E-state index contributed by atoms with van der Waals surface area (Å²) in [6.07, 6.45) is 1.32. The lowest BCUT2D eigenvalue weighted by Crippen LogP contribution is -2.05. The summed E-state index contributed by atoms with van der Waals surface area (Å²) < 4.78 is 4.77. The van der Waals surface area contributed by atoms with Gasteiger partial charge < -0.3 is 15.6 Å². The minimum Gasteiger partial charge on any atom is -0.492 e. The van der Waals surface area contributed by atoms with E-state index in [-0.39, 0.29) is 17.1 Å². The summed E-state index contributed by atoms with van der Waals surface area (Å²) in [7, 11) is 1.35. The van der Waals surface area contributed by atoms with E-state index in [1.807, 2.05) is 0 Å². The Balaban J connectivity index is 3.27. The number of carboxylic acid groups (broad SMARTS) is 1. The zero-order chi connectivity index (χ0) is 9.14. The number of nitrogens with two attached hydrogens (primary N) is 1. The monoisotopic (exact) mass is 168 g/mol. The predicted octanol–water partition coefficient (Wildman–Crippen LogP) is 0.371. The molecule has 12 heavy (non-hydrogen) atoms. The van der Waals surface area contributed by atoms with Crippen molar-refractivity contribution in [1.82, 2.24) is 4.98 Å². The molecule has 3 N–H and O–H groups in total. The number of pyridine rings is 1. The Kier molecular flexibility index (Phi) is 2.14. The van der Waals surface area contributed by atoms with Crippen LogP contribution in [0.4, 0.5) is 5.69 Å². The van der Waals surface area contributed by atoms with E-state index < -0.39 is 5.97 Å². The number of carbonyl (C=O) groups is 1. The molecular formula is C7H8N2O3. The van der Waals surface area contributed by atoms with Gasteiger partial charge in [-0.25, -0.2) is 9.78 Å². The van der Waals surface area contributed by atoms with E-state index in [0.717, 1.165) is 0 Å². The van der Waals surface area contributed by atoms with Crippen molar-refractivity contribution in [3.63, 3.8) is 0 Å². The average molecular weight is 168 g/mol. The lowest BCUT2D eigenvalue weighted by molar-refractivity contribution is 0.0686. The van der Waals surface area contributed by atoms with E-state index in [4.69, 9.17) is 15.6 Å². The number of anilines is 1. The summed E-state index contributed by atoms with van der Waals surface area (Å²) in [5.74, 6) is -1.05. The highest BCUT2D eigenvalue weighted by molar-refractivity contribution is 5.90. The van der Waals surface area contributed by atoms with Gasteiger partial charge in [0, 0.05) is 6.20 Å². The number of rotatable bonds is 2. The van der Waals surface area contributed by atoms with Crippen molar-refractivity contribution >= 4 is 11.7 Å². The molecule has 0 bridgehead atoms. The summed E-state index contributed by atoms with van der Waals surface area (Å²) in [6.45, 7) is 0. The number of aromatic carboxylic acids is 1. The minimum absolute atomic E-state index is 0.102. The highest BCUT2D eigenvalue weighted by atomic mass is 16.5. The first-order valence-electron chi connectivity index (χ1n) is 3.18. The van der Waals surface area contributed by atoms with Crippen molar-refractivity contribution in [2.24, 2.45) is 0 Å². The van der Waals surface area contributed by atoms with Gasteiger partial charge in [0.1, 0.15) is 0 Å². The van der Waals surface area contributed by atoms with Gasteiger partial charge in [-0.3, -0.25) is 0 Å². The second kappa shape index (κ2) is 3.08. The van der Waals surface area contributed by atoms with Crippen LogP contribution in [0.15, 0.2) is 12.3 Å². The Bertz CT molecular complexity index is 312. The van der Waals surface area contributed by atoms with Gasteiger partial charge in [-0.1, -0.05) is 0 Å². The van der Waals surface area contributed by atoms with E-state index in [1.165, 1.54) is 19.4 Å². The lowest BCUT2D eigenvalue weighted by atomic mass is 10.3. The highest BCUT2D eigenvalue weighted by Gasteiger charge is 2.14. The molecule has 1 aromatic rings. The number of hydrogen-bond donors (Lipinski definition) is 2. The first-order valence-corrected chi connectivity index (χ1v) is 3.18. The molecule has 0 aromatic carbocycles. The van der Waals surface area contributed by atoms with Gasteiger partial charge in [0.2, 0.25) is 0 Å². The first kappa shape index (κ1) is 8.32. The van der Waals surface area contributed by atoms with Crippen LogP contribution in [0.3, 0.4) is 0 Å². The summed E-state index contributed by atoms with van der Waals surface area (Å²) in [4.78, 5) is 14.1. The standard InChI is InChI=1S/C7H8N2O3/c1-12-6-4(8)2-3-9-5(6)7(10)11/h2-3H,1H3,(H2,8,9)(H,10,11). The van der Waals surface area contributed by atoms with Crippen LogP contribution >= 0.6 is 0 Å². The van der Waals surface area contributed by atoms with Gasteiger partial charge in [0.15, 0.2) is 11.4 Å². The summed E-state index contributed by atoms with van der Waals surface area (Å²) >= 11 is 0. The fourth-order valence-corrected chi connectivity index (χ4v) is 0.830. The fraction of sp³-hybridized carbons (Fsp3) is 0.143. The van der Waals surface area contributed by atoms with Crippen molar-refractivity contribution in [3.8, 4) is 5.75 Å². The molecule has 0 radical (unpaired) electrons. The number of carboxylic acids is 1. The summed E-state index contributed by atoms with van der Waals surface area (Å²) in [6, 6.07) is 1.48. The molecule has 0 saturated heterocycles. The molecule has 1 rings (SSSR count). The highest BCUT2D eigenvalue weighted by Crippen LogP contribution is 2.23. The van der Waals surface area contributed by atoms with Gasteiger partial charge in [-0.05, 0) is 6.07 Å². The maximum atomic E-state index is 10.5. The van der Waals surface area contributed by atoms with Crippen LogP contribution in [0.5, 0.6) is 5.75 Å². The second-order valence-electron chi connectivity index (χ2n) is 2.09. The number of aromatic nitrogens is 1. The van der Waals surface area contributed by atoms with Crippen LogP contribution in [0.25, 0.3) is 0 Å². The molecule has 0 amide bonds. The van der Waals surface area contributed by atoms with Gasteiger partial charge >= 0.3 is 5.97 Å². The van der Waals surface area contributed by atoms with Gasteiger partial charge in [-0.15, -0.1) is 0 Å². The molecule has 0 aliphatic carbocycles. The van der Waals surface area contributed by atoms with Crippen molar-refractivity contribution in [1.29, 1.82) is 0 Å². The maximum Gasteiger partial charge on any atom is 0.358 e. The SMILES string of the molecule is COc1c(N)ccnc1C(=O)O. The molecule has 5 nitrogen and oxygen atoms in total. The molecular weight excluding hydrogens is 160 g/mol. The molecule has 5 heteroatoms. The summed E-state index contributed by atoms with van der Waals surface area (Å²) in [5.41, 5.74) is 5.54. The van der Waals surface area contributed by atoms with E-state index in [9.17, 15) is 4.79 Å². The molecule has 0 fully saturated rings. The van der Waals surface area contributed by atoms with Crippen molar-refractivity contribution in [2.45, 2.75) is 0 Å². The van der Waals surface area contributed by atoms with Crippen molar-refractivity contribution < 1.29 is 14.6 Å². The zero-order valence-corrected chi connectivity index (χ0v) is 6.44. The molecule has 64 valence electrons. The largest absolute Gasteiger partial charge is 0.492 e. The molecule has 0 aliphatic rings. The second-order valence-corrected chi connectivity index (χ2v) is 2.09. The van der Waals surface area contributed by atoms with E-state index in [2.05, 4.69) is 4.98 Å². The Morgan fingerprint density at radius 3 is 2.83 bits per heavy atom. The minimum atomic E-state index is -1.15. The number of ether oxygens (including phenoxy) is 1. The van der Waals surface area contributed by atoms with Crippen LogP contribution in [0.2, 0.25) is 0 Å². The number of methoxy groups -OCH3 is 1. The van der Waals surface area contributed by atoms with Crippen LogP contribution in [-0.4, -0.2) is 23.2 Å². The maximum absolute atomic E-state index is 10.5. The molecule has 0 aliphatic heterocycles. The Morgan fingerprint density at radius 2 is 2.42 bits per heavy atom. The van der Waals surface area contributed by atoms with Gasteiger partial charge in [-0.2, -0.15) is 0 Å². The third-order valence-corrected chi connectivity index (χ3v) is 1.34. The van der Waals surface area contributed by atoms with E-state index in [0.29, 0.717) is 0 Å². The van der Waals surface area contributed by atoms with E-state index in [1.54, 1.807) is 0 Å². The molecule has 0 unspecified atom stereocenters. The number of nitrogen functional groups attached to an aromatic ring is 1. The van der Waals surface area contributed by atoms with Crippen LogP contribution in [0.1, 0.15) is 10.5 Å². The molecule has 0 spiro atoms. The van der Waals surface area contributed by atoms with Crippen LogP contribution in [0, 0.1) is 0 Å². The zero-order valence-electron chi connectivity index (χ0n) is 6.44. The van der Waals surface area contributed by atoms with E-state index >= 15 is 0 Å². The van der Waals surface area contributed by atoms with Crippen LogP contribution in [-0.2, 0) is 0 Å². The molecule has 1 heterocycles. The molecule has 0 saturated carbocycles. The molecule has 0 atom stereocenters. The predicted molar refractivity (Wildman–Crippen MR) is 42.2 cm³/mol. The topological polar surface area (TPSA) is 85.4 Å². The smallest absolute Gasteiger partial charge is 0.358 e. The fourth-order valence-electron chi connectivity index (χ4n) is 0.830. The first-order chi connectivity index (χ1) is 5.66. The average Bonchev–Trinajstić information content (AvgIpc) is 2.03. The Hall–Kier alpha value is -1.78. The van der Waals surface area contributed by atoms with Crippen molar-refractivity contribution in [2.75, 3.05) is 12.8 Å². The molecule has 1 aromatic heterocycles. The quantitative estimate of drug-likeness (QED) is 0.666. The van der Waals surface area contributed by atoms with Crippen LogP contribution < -0.4 is 10.5 Å². The Morgan fingerprint density at radius 1 is 1.75 bits per heavy atom. The lowest BCUT2D eigenvalue weighted by Gasteiger charge is -2.05. The van der Waals surface area contributed by atoms with Gasteiger partial charge in [0.05, 0.1) is 12.8 Å². The van der Waals surface area contributed by atoms with Crippen molar-refractivity contribution in [3.05, 3.63) is 18.0 Å². The number of nitrogens with zero attached hydrogens (tertiary/aromatic N) is 1. The van der Waals surface area contributed by atoms with Gasteiger partial charge in [0.25, 0.3) is 0 Å². The summed E-state index contributed by atoms with van der Waals surface area (Å²) in [5, 5.41) is 8.62. The Labute approximate surface area is 68.8 Å². The normalized spacial score (nSPS) is 9.42.